The number of anilines is 1. The third kappa shape index (κ3) is 3.62. The number of thiazole rings is 1. The Balaban J connectivity index is 1.67. The molecular weight excluding hydrogens is 364 g/mol. The highest BCUT2D eigenvalue weighted by Crippen LogP contribution is 2.30. The Hall–Kier alpha value is -1.74. The van der Waals surface area contributed by atoms with Gasteiger partial charge in [0.05, 0.1) is 18.2 Å². The molecule has 0 bridgehead atoms. The van der Waals surface area contributed by atoms with Crippen LogP contribution in [0.2, 0.25) is 0 Å². The molecule has 0 unspecified atom stereocenters. The molecule has 2 aliphatic heterocycles. The average molecular weight is 384 g/mol. The summed E-state index contributed by atoms with van der Waals surface area (Å²) < 4.78 is 27.1. The van der Waals surface area contributed by atoms with Gasteiger partial charge in [-0.15, -0.1) is 11.3 Å². The molecule has 0 saturated carbocycles. The topological polar surface area (TPSA) is 110 Å². The molecule has 9 nitrogen and oxygen atoms in total. The number of nitriles is 1. The predicted octanol–water partition coefficient (Wildman–Crippen LogP) is 0.0491. The van der Waals surface area contributed by atoms with E-state index in [0.29, 0.717) is 37.6 Å². The van der Waals surface area contributed by atoms with E-state index in [1.54, 1.807) is 4.90 Å². The molecule has 3 rings (SSSR count). The molecule has 2 aliphatic rings. The molecule has 1 saturated heterocycles. The number of carbonyl (C=O) groups is 1. The van der Waals surface area contributed by atoms with E-state index in [1.165, 1.54) is 34.0 Å². The van der Waals surface area contributed by atoms with Gasteiger partial charge in [0.25, 0.3) is 10.2 Å². The van der Waals surface area contributed by atoms with Gasteiger partial charge in [0.2, 0.25) is 5.91 Å². The van der Waals surface area contributed by atoms with Crippen LogP contribution in [-0.2, 0) is 28.0 Å². The van der Waals surface area contributed by atoms with E-state index in [4.69, 9.17) is 5.26 Å². The quantitative estimate of drug-likeness (QED) is 0.735. The monoisotopic (exact) mass is 384 g/mol. The number of nitrogens with one attached hydrogen (secondary N) is 1. The first-order valence-electron chi connectivity index (χ1n) is 7.93. The number of likely N-dealkylation sites (tertiary alicyclic amines) is 1. The van der Waals surface area contributed by atoms with E-state index >= 15 is 0 Å². The molecule has 0 spiro atoms. The minimum atomic E-state index is -3.46. The van der Waals surface area contributed by atoms with E-state index < -0.39 is 10.2 Å². The number of aromatic nitrogens is 1. The molecule has 136 valence electrons. The molecule has 0 radical (unpaired) electrons. The minimum Gasteiger partial charge on any atom is -0.310 e. The molecule has 1 aromatic heterocycles. The lowest BCUT2D eigenvalue weighted by molar-refractivity contribution is -0.119. The lowest BCUT2D eigenvalue weighted by Gasteiger charge is -2.27. The van der Waals surface area contributed by atoms with Crippen molar-refractivity contribution < 1.29 is 13.2 Å². The Kier molecular flexibility index (Phi) is 4.97. The number of hydrogen-bond donors (Lipinski definition) is 1. The maximum atomic E-state index is 12.3. The second kappa shape index (κ2) is 6.87. The number of carbonyl (C=O) groups excluding carboxylic acids is 1. The molecule has 1 atom stereocenters. The van der Waals surface area contributed by atoms with Gasteiger partial charge in [-0.2, -0.15) is 22.3 Å². The molecule has 1 fully saturated rings. The van der Waals surface area contributed by atoms with Gasteiger partial charge in [-0.1, -0.05) is 0 Å². The molecule has 1 aromatic rings. The first kappa shape index (κ1) is 18.1. The Morgan fingerprint density at radius 1 is 1.44 bits per heavy atom. The Labute approximate surface area is 151 Å². The Morgan fingerprint density at radius 3 is 2.84 bits per heavy atom. The molecule has 11 heteroatoms. The second-order valence-corrected chi connectivity index (χ2v) is 9.51. The molecule has 3 heterocycles. The zero-order valence-electron chi connectivity index (χ0n) is 14.1. The van der Waals surface area contributed by atoms with E-state index in [1.807, 2.05) is 0 Å². The third-order valence-corrected chi connectivity index (χ3v) is 7.30. The lowest BCUT2D eigenvalue weighted by atomic mass is 10.1. The number of fused-ring (bicyclic) bond motifs is 1. The molecular formula is C14H20N6O3S2. The van der Waals surface area contributed by atoms with Crippen LogP contribution in [0.25, 0.3) is 0 Å². The van der Waals surface area contributed by atoms with Crippen LogP contribution in [0.1, 0.15) is 17.0 Å². The van der Waals surface area contributed by atoms with Gasteiger partial charge in [0, 0.05) is 45.0 Å². The number of amides is 1. The fraction of sp³-hybridized carbons (Fsp3) is 0.643. The summed E-state index contributed by atoms with van der Waals surface area (Å²) in [6, 6.07) is 0. The summed E-state index contributed by atoms with van der Waals surface area (Å²) in [5, 5.41) is 12.2. The van der Waals surface area contributed by atoms with Gasteiger partial charge >= 0.3 is 0 Å². The van der Waals surface area contributed by atoms with Crippen LogP contribution in [0.4, 0.5) is 5.13 Å². The van der Waals surface area contributed by atoms with Crippen molar-refractivity contribution in [2.45, 2.75) is 19.4 Å². The summed E-state index contributed by atoms with van der Waals surface area (Å²) in [6.45, 7) is 1.68. The molecule has 0 aliphatic carbocycles. The highest BCUT2D eigenvalue weighted by atomic mass is 32.2. The first-order chi connectivity index (χ1) is 11.8. The molecule has 1 N–H and O–H groups in total. The van der Waals surface area contributed by atoms with Crippen molar-refractivity contribution in [3.05, 3.63) is 10.6 Å². The number of hydrogen-bond acceptors (Lipinski definition) is 7. The SMILES string of the molecule is CN(C)S(=O)(=O)N1CCc2nc(NC(=O)[C@H]3CCN(C#N)C3)sc2C1. The van der Waals surface area contributed by atoms with Crippen molar-refractivity contribution in [2.24, 2.45) is 5.92 Å². The molecule has 1 amide bonds. The van der Waals surface area contributed by atoms with Gasteiger partial charge in [0.15, 0.2) is 11.3 Å². The van der Waals surface area contributed by atoms with Crippen LogP contribution < -0.4 is 5.32 Å². The van der Waals surface area contributed by atoms with Crippen LogP contribution in [0.5, 0.6) is 0 Å². The Morgan fingerprint density at radius 2 is 2.20 bits per heavy atom. The minimum absolute atomic E-state index is 0.137. The maximum Gasteiger partial charge on any atom is 0.281 e. The summed E-state index contributed by atoms with van der Waals surface area (Å²) in [4.78, 5) is 19.2. The van der Waals surface area contributed by atoms with Crippen LogP contribution in [0.3, 0.4) is 0 Å². The lowest BCUT2D eigenvalue weighted by Crippen LogP contribution is -2.42. The fourth-order valence-corrected chi connectivity index (χ4v) is 5.11. The van der Waals surface area contributed by atoms with Crippen LogP contribution in [0, 0.1) is 17.4 Å². The van der Waals surface area contributed by atoms with Gasteiger partial charge in [-0.3, -0.25) is 4.79 Å². The first-order valence-corrected chi connectivity index (χ1v) is 10.1. The highest BCUT2D eigenvalue weighted by Gasteiger charge is 2.32. The van der Waals surface area contributed by atoms with E-state index in [2.05, 4.69) is 16.5 Å². The summed E-state index contributed by atoms with van der Waals surface area (Å²) in [5.41, 5.74) is 0.843. The number of nitrogens with zero attached hydrogens (tertiary/aromatic N) is 5. The van der Waals surface area contributed by atoms with Gasteiger partial charge < -0.3 is 10.2 Å². The second-order valence-electron chi connectivity index (χ2n) is 6.28. The maximum absolute atomic E-state index is 12.3. The van der Waals surface area contributed by atoms with Crippen molar-refractivity contribution in [2.75, 3.05) is 39.0 Å². The van der Waals surface area contributed by atoms with Crippen molar-refractivity contribution in [1.82, 2.24) is 18.5 Å². The predicted molar refractivity (Wildman–Crippen MR) is 92.8 cm³/mol. The normalized spacial score (nSPS) is 21.2. The largest absolute Gasteiger partial charge is 0.310 e. The van der Waals surface area contributed by atoms with Crippen LogP contribution in [0.15, 0.2) is 0 Å². The van der Waals surface area contributed by atoms with Gasteiger partial charge in [0.1, 0.15) is 0 Å². The standard InChI is InChI=1S/C14H20N6O3S2/c1-18(2)25(22,23)20-6-4-11-12(8-20)24-14(16-11)17-13(21)10-3-5-19(7-10)9-15/h10H,3-8H2,1-2H3,(H,16,17,21)/t10-/m0/s1. The van der Waals surface area contributed by atoms with Crippen LogP contribution in [-0.4, -0.2) is 66.5 Å². The van der Waals surface area contributed by atoms with Gasteiger partial charge in [-0.25, -0.2) is 4.98 Å². The zero-order valence-corrected chi connectivity index (χ0v) is 15.7. The molecule has 0 aromatic carbocycles. The summed E-state index contributed by atoms with van der Waals surface area (Å²) in [6.07, 6.45) is 3.23. The summed E-state index contributed by atoms with van der Waals surface area (Å²) in [7, 11) is -0.438. The van der Waals surface area contributed by atoms with E-state index in [9.17, 15) is 13.2 Å². The van der Waals surface area contributed by atoms with Crippen LogP contribution >= 0.6 is 11.3 Å². The summed E-state index contributed by atoms with van der Waals surface area (Å²) >= 11 is 1.31. The average Bonchev–Trinajstić information content (AvgIpc) is 3.19. The fourth-order valence-electron chi connectivity index (χ4n) is 2.93. The van der Waals surface area contributed by atoms with Crippen molar-refractivity contribution >= 4 is 32.6 Å². The van der Waals surface area contributed by atoms with Crippen molar-refractivity contribution in [1.29, 1.82) is 5.26 Å². The van der Waals surface area contributed by atoms with Crippen molar-refractivity contribution in [3.8, 4) is 6.19 Å². The summed E-state index contributed by atoms with van der Waals surface area (Å²) in [5.74, 6) is -0.354. The highest BCUT2D eigenvalue weighted by molar-refractivity contribution is 7.86. The number of rotatable bonds is 4. The third-order valence-electron chi connectivity index (χ3n) is 4.41. The van der Waals surface area contributed by atoms with E-state index in [-0.39, 0.29) is 18.4 Å². The Bertz CT molecular complexity index is 813. The smallest absolute Gasteiger partial charge is 0.281 e. The van der Waals surface area contributed by atoms with E-state index in [0.717, 1.165) is 10.6 Å². The van der Waals surface area contributed by atoms with Crippen molar-refractivity contribution in [3.63, 3.8) is 0 Å². The molecule has 25 heavy (non-hydrogen) atoms. The zero-order chi connectivity index (χ0) is 18.2. The van der Waals surface area contributed by atoms with Gasteiger partial charge in [-0.05, 0) is 6.42 Å².